The van der Waals surface area contributed by atoms with Crippen LogP contribution in [0.2, 0.25) is 0 Å². The Morgan fingerprint density at radius 2 is 2.00 bits per heavy atom. The Morgan fingerprint density at radius 3 is 2.48 bits per heavy atom. The molecule has 0 aliphatic heterocycles. The van der Waals surface area contributed by atoms with Crippen molar-refractivity contribution in [2.45, 2.75) is 32.9 Å². The van der Waals surface area contributed by atoms with Gasteiger partial charge in [-0.15, -0.1) is 0 Å². The van der Waals surface area contributed by atoms with Crippen LogP contribution in [0, 0.1) is 5.92 Å². The molecular formula is C14H17F3N2OS. The third-order valence-electron chi connectivity index (χ3n) is 2.84. The maximum Gasteiger partial charge on any atom is 0.416 e. The van der Waals surface area contributed by atoms with Gasteiger partial charge in [-0.05, 0) is 30.5 Å². The minimum atomic E-state index is -4.49. The highest BCUT2D eigenvalue weighted by atomic mass is 32.1. The summed E-state index contributed by atoms with van der Waals surface area (Å²) in [5.74, 6) is 0.0827. The first-order valence-electron chi connectivity index (χ1n) is 6.42. The van der Waals surface area contributed by atoms with Crippen LogP contribution in [0.25, 0.3) is 0 Å². The Bertz CT molecular complexity index is 542. The molecule has 0 fully saturated rings. The second-order valence-corrected chi connectivity index (χ2v) is 5.54. The molecule has 116 valence electrons. The number of rotatable bonds is 5. The molecule has 0 radical (unpaired) electrons. The van der Waals surface area contributed by atoms with Gasteiger partial charge in [0.1, 0.15) is 4.99 Å². The Balaban J connectivity index is 2.97. The summed E-state index contributed by atoms with van der Waals surface area (Å²) in [6.45, 7) is 3.96. The van der Waals surface area contributed by atoms with Crippen LogP contribution in [0.3, 0.4) is 0 Å². The van der Waals surface area contributed by atoms with E-state index in [2.05, 4.69) is 5.32 Å². The molecule has 21 heavy (non-hydrogen) atoms. The lowest BCUT2D eigenvalue weighted by molar-refractivity contribution is -0.137. The van der Waals surface area contributed by atoms with Crippen molar-refractivity contribution in [2.24, 2.45) is 11.7 Å². The van der Waals surface area contributed by atoms with Gasteiger partial charge < -0.3 is 11.1 Å². The standard InChI is InChI=1S/C14H17F3N2OS/c1-8(2)3-6-12(20)19-11-5-4-9(14(15,16)17)7-10(11)13(18)21/h4-5,7-8H,3,6H2,1-2H3,(H2,18,21)(H,19,20). The number of alkyl halides is 3. The highest BCUT2D eigenvalue weighted by Gasteiger charge is 2.31. The van der Waals surface area contributed by atoms with Crippen LogP contribution in [-0.4, -0.2) is 10.9 Å². The van der Waals surface area contributed by atoms with Gasteiger partial charge in [-0.2, -0.15) is 13.2 Å². The predicted molar refractivity (Wildman–Crippen MR) is 80.0 cm³/mol. The number of hydrogen-bond donors (Lipinski definition) is 2. The van der Waals surface area contributed by atoms with Gasteiger partial charge in [0.2, 0.25) is 5.91 Å². The minimum absolute atomic E-state index is 0.0118. The molecule has 0 saturated heterocycles. The van der Waals surface area contributed by atoms with Crippen LogP contribution in [0.15, 0.2) is 18.2 Å². The summed E-state index contributed by atoms with van der Waals surface area (Å²) in [5, 5.41) is 2.55. The molecule has 0 aliphatic rings. The first kappa shape index (κ1) is 17.4. The molecule has 1 amide bonds. The summed E-state index contributed by atoms with van der Waals surface area (Å²) < 4.78 is 38.0. The molecule has 0 atom stereocenters. The van der Waals surface area contributed by atoms with E-state index in [1.54, 1.807) is 0 Å². The molecule has 0 saturated carbocycles. The average molecular weight is 318 g/mol. The van der Waals surface area contributed by atoms with E-state index in [0.717, 1.165) is 12.1 Å². The van der Waals surface area contributed by atoms with Crippen LogP contribution in [0.1, 0.15) is 37.8 Å². The maximum absolute atomic E-state index is 12.7. The van der Waals surface area contributed by atoms with Crippen LogP contribution in [-0.2, 0) is 11.0 Å². The average Bonchev–Trinajstić information content (AvgIpc) is 2.35. The van der Waals surface area contributed by atoms with E-state index in [0.29, 0.717) is 12.3 Å². The number of thiocarbonyl (C=S) groups is 1. The van der Waals surface area contributed by atoms with Crippen molar-refractivity contribution >= 4 is 28.8 Å². The zero-order chi connectivity index (χ0) is 16.2. The highest BCUT2D eigenvalue weighted by molar-refractivity contribution is 7.80. The van der Waals surface area contributed by atoms with Gasteiger partial charge in [0.05, 0.1) is 11.3 Å². The van der Waals surface area contributed by atoms with Crippen molar-refractivity contribution in [1.29, 1.82) is 0 Å². The second-order valence-electron chi connectivity index (χ2n) is 5.10. The Morgan fingerprint density at radius 1 is 1.38 bits per heavy atom. The summed E-state index contributed by atoms with van der Waals surface area (Å²) in [6, 6.07) is 2.91. The molecule has 3 nitrogen and oxygen atoms in total. The van der Waals surface area contributed by atoms with Gasteiger partial charge in [0.15, 0.2) is 0 Å². The summed E-state index contributed by atoms with van der Waals surface area (Å²) in [6.07, 6.45) is -3.51. The molecular weight excluding hydrogens is 301 g/mol. The Hall–Kier alpha value is -1.63. The third kappa shape index (κ3) is 5.34. The largest absolute Gasteiger partial charge is 0.416 e. The van der Waals surface area contributed by atoms with Crippen LogP contribution < -0.4 is 11.1 Å². The highest BCUT2D eigenvalue weighted by Crippen LogP contribution is 2.32. The zero-order valence-electron chi connectivity index (χ0n) is 11.8. The molecule has 3 N–H and O–H groups in total. The molecule has 0 heterocycles. The monoisotopic (exact) mass is 318 g/mol. The van der Waals surface area contributed by atoms with E-state index in [9.17, 15) is 18.0 Å². The van der Waals surface area contributed by atoms with Gasteiger partial charge in [0, 0.05) is 12.0 Å². The van der Waals surface area contributed by atoms with Crippen molar-refractivity contribution < 1.29 is 18.0 Å². The molecule has 0 aliphatic carbocycles. The fourth-order valence-corrected chi connectivity index (χ4v) is 1.83. The van der Waals surface area contributed by atoms with E-state index in [4.69, 9.17) is 18.0 Å². The van der Waals surface area contributed by atoms with Crippen LogP contribution >= 0.6 is 12.2 Å². The quantitative estimate of drug-likeness (QED) is 0.814. The van der Waals surface area contributed by atoms with Crippen LogP contribution in [0.4, 0.5) is 18.9 Å². The third-order valence-corrected chi connectivity index (χ3v) is 3.06. The second kappa shape index (κ2) is 6.89. The number of hydrogen-bond acceptors (Lipinski definition) is 2. The number of halogens is 3. The molecule has 1 aromatic carbocycles. The van der Waals surface area contributed by atoms with Crippen molar-refractivity contribution in [3.8, 4) is 0 Å². The molecule has 7 heteroatoms. The van der Waals surface area contributed by atoms with Gasteiger partial charge >= 0.3 is 6.18 Å². The van der Waals surface area contributed by atoms with Gasteiger partial charge in [-0.1, -0.05) is 26.1 Å². The van der Waals surface area contributed by atoms with Crippen LogP contribution in [0.5, 0.6) is 0 Å². The SMILES string of the molecule is CC(C)CCC(=O)Nc1ccc(C(F)(F)F)cc1C(N)=S. The van der Waals surface area contributed by atoms with E-state index in [-0.39, 0.29) is 28.6 Å². The summed E-state index contributed by atoms with van der Waals surface area (Å²) in [4.78, 5) is 11.6. The first-order chi connectivity index (χ1) is 9.61. The fourth-order valence-electron chi connectivity index (χ4n) is 1.67. The topological polar surface area (TPSA) is 55.1 Å². The van der Waals surface area contributed by atoms with Gasteiger partial charge in [-0.25, -0.2) is 0 Å². The lowest BCUT2D eigenvalue weighted by Crippen LogP contribution is -2.19. The van der Waals surface area contributed by atoms with E-state index >= 15 is 0 Å². The van der Waals surface area contributed by atoms with E-state index in [1.165, 1.54) is 6.07 Å². The van der Waals surface area contributed by atoms with Crippen molar-refractivity contribution in [2.75, 3.05) is 5.32 Å². The zero-order valence-corrected chi connectivity index (χ0v) is 12.6. The smallest absolute Gasteiger partial charge is 0.389 e. The number of nitrogens with two attached hydrogens (primary N) is 1. The molecule has 0 aromatic heterocycles. The predicted octanol–water partition coefficient (Wildman–Crippen LogP) is 3.71. The molecule has 0 unspecified atom stereocenters. The Labute approximate surface area is 126 Å². The summed E-state index contributed by atoms with van der Waals surface area (Å²) in [5.41, 5.74) is 4.79. The number of carbonyl (C=O) groups excluding carboxylic acids is 1. The number of amides is 1. The number of anilines is 1. The number of nitrogens with one attached hydrogen (secondary N) is 1. The number of benzene rings is 1. The van der Waals surface area contributed by atoms with Gasteiger partial charge in [0.25, 0.3) is 0 Å². The lowest BCUT2D eigenvalue weighted by atomic mass is 10.1. The number of carbonyl (C=O) groups is 1. The van der Waals surface area contributed by atoms with Gasteiger partial charge in [-0.3, -0.25) is 4.79 Å². The lowest BCUT2D eigenvalue weighted by Gasteiger charge is -2.14. The Kier molecular flexibility index (Phi) is 5.71. The van der Waals surface area contributed by atoms with Crippen molar-refractivity contribution in [3.63, 3.8) is 0 Å². The first-order valence-corrected chi connectivity index (χ1v) is 6.83. The summed E-state index contributed by atoms with van der Waals surface area (Å²) in [7, 11) is 0. The maximum atomic E-state index is 12.7. The molecule has 1 aromatic rings. The van der Waals surface area contributed by atoms with E-state index < -0.39 is 11.7 Å². The molecule has 0 spiro atoms. The minimum Gasteiger partial charge on any atom is -0.389 e. The molecule has 1 rings (SSSR count). The normalized spacial score (nSPS) is 11.5. The van der Waals surface area contributed by atoms with Crippen molar-refractivity contribution in [3.05, 3.63) is 29.3 Å². The van der Waals surface area contributed by atoms with E-state index in [1.807, 2.05) is 13.8 Å². The summed E-state index contributed by atoms with van der Waals surface area (Å²) >= 11 is 4.75. The fraction of sp³-hybridized carbons (Fsp3) is 0.429. The molecule has 0 bridgehead atoms. The van der Waals surface area contributed by atoms with Crippen molar-refractivity contribution in [1.82, 2.24) is 0 Å².